The molecule has 92 valence electrons. The van der Waals surface area contributed by atoms with Gasteiger partial charge < -0.3 is 10.1 Å². The van der Waals surface area contributed by atoms with Gasteiger partial charge in [0.25, 0.3) is 0 Å². The highest BCUT2D eigenvalue weighted by Crippen LogP contribution is 2.28. The summed E-state index contributed by atoms with van der Waals surface area (Å²) in [5.74, 6) is -0.0959. The highest BCUT2D eigenvalue weighted by molar-refractivity contribution is 5.90. The van der Waals surface area contributed by atoms with Gasteiger partial charge in [-0.25, -0.2) is 0 Å². The van der Waals surface area contributed by atoms with Crippen molar-refractivity contribution in [3.05, 3.63) is 0 Å². The van der Waals surface area contributed by atoms with Gasteiger partial charge in [0.05, 0.1) is 18.1 Å². The zero-order valence-corrected chi connectivity index (χ0v) is 10.4. The normalized spacial score (nSPS) is 27.9. The molecule has 16 heavy (non-hydrogen) atoms. The molecule has 1 rings (SSSR count). The highest BCUT2D eigenvalue weighted by atomic mass is 16.5. The first-order valence-electron chi connectivity index (χ1n) is 5.97. The molecule has 1 amide bonds. The number of hydrogen-bond donors (Lipinski definition) is 1. The summed E-state index contributed by atoms with van der Waals surface area (Å²) in [6, 6.07) is -0.0542. The molecule has 0 radical (unpaired) electrons. The van der Waals surface area contributed by atoms with Gasteiger partial charge in [0.1, 0.15) is 5.78 Å². The molecule has 0 aromatic carbocycles. The first-order chi connectivity index (χ1) is 7.52. The number of ether oxygens (including phenoxy) is 1. The number of Topliss-reactive ketones (excluding diaryl/α,β-unsaturated/α-hetero) is 1. The molecule has 0 saturated carbocycles. The Morgan fingerprint density at radius 1 is 1.44 bits per heavy atom. The SMILES string of the molecule is CCOC(C)C1C(=O)NC1C(C)C(=O)CC. The predicted molar refractivity (Wildman–Crippen MR) is 61.0 cm³/mol. The van der Waals surface area contributed by atoms with Crippen LogP contribution in [0.1, 0.15) is 34.1 Å². The van der Waals surface area contributed by atoms with E-state index in [9.17, 15) is 9.59 Å². The van der Waals surface area contributed by atoms with Crippen molar-refractivity contribution in [2.24, 2.45) is 11.8 Å². The van der Waals surface area contributed by atoms with E-state index < -0.39 is 0 Å². The van der Waals surface area contributed by atoms with Crippen LogP contribution in [0.15, 0.2) is 0 Å². The molecule has 1 N–H and O–H groups in total. The smallest absolute Gasteiger partial charge is 0.228 e. The first kappa shape index (κ1) is 13.2. The zero-order valence-electron chi connectivity index (χ0n) is 10.4. The van der Waals surface area contributed by atoms with Crippen LogP contribution in [0.2, 0.25) is 0 Å². The molecule has 1 fully saturated rings. The average Bonchev–Trinajstić information content (AvgIpc) is 2.23. The molecule has 4 heteroatoms. The van der Waals surface area contributed by atoms with Gasteiger partial charge in [-0.3, -0.25) is 9.59 Å². The highest BCUT2D eigenvalue weighted by Gasteiger charge is 2.47. The van der Waals surface area contributed by atoms with Crippen molar-refractivity contribution in [3.63, 3.8) is 0 Å². The van der Waals surface area contributed by atoms with Crippen molar-refractivity contribution in [2.45, 2.75) is 46.3 Å². The van der Waals surface area contributed by atoms with E-state index in [1.807, 2.05) is 27.7 Å². The topological polar surface area (TPSA) is 55.4 Å². The Hall–Kier alpha value is -0.900. The van der Waals surface area contributed by atoms with Crippen LogP contribution < -0.4 is 5.32 Å². The lowest BCUT2D eigenvalue weighted by Crippen LogP contribution is -2.65. The Labute approximate surface area is 96.7 Å². The van der Waals surface area contributed by atoms with Gasteiger partial charge >= 0.3 is 0 Å². The number of ketones is 1. The largest absolute Gasteiger partial charge is 0.378 e. The van der Waals surface area contributed by atoms with E-state index in [-0.39, 0.29) is 35.7 Å². The van der Waals surface area contributed by atoms with Gasteiger partial charge in [-0.15, -0.1) is 0 Å². The molecule has 4 atom stereocenters. The summed E-state index contributed by atoms with van der Waals surface area (Å²) in [5.41, 5.74) is 0. The second-order valence-electron chi connectivity index (χ2n) is 4.33. The molecule has 0 aromatic heterocycles. The number of carbonyl (C=O) groups is 2. The quantitative estimate of drug-likeness (QED) is 0.692. The summed E-state index contributed by atoms with van der Waals surface area (Å²) in [4.78, 5) is 23.1. The third kappa shape index (κ3) is 2.43. The van der Waals surface area contributed by atoms with Crippen LogP contribution in [0.4, 0.5) is 0 Å². The van der Waals surface area contributed by atoms with Gasteiger partial charge in [0.15, 0.2) is 0 Å². The van der Waals surface area contributed by atoms with Crippen LogP contribution in [0.25, 0.3) is 0 Å². The first-order valence-corrected chi connectivity index (χ1v) is 5.97. The maximum absolute atomic E-state index is 11.6. The minimum absolute atomic E-state index is 0.00158. The summed E-state index contributed by atoms with van der Waals surface area (Å²) in [6.07, 6.45) is 0.402. The number of hydrogen-bond acceptors (Lipinski definition) is 3. The van der Waals surface area contributed by atoms with Crippen molar-refractivity contribution in [1.29, 1.82) is 0 Å². The second kappa shape index (κ2) is 5.43. The molecule has 0 aromatic rings. The number of β-lactam (4-membered cyclic amide) rings is 1. The molecule has 1 heterocycles. The van der Waals surface area contributed by atoms with Crippen molar-refractivity contribution < 1.29 is 14.3 Å². The maximum atomic E-state index is 11.6. The molecule has 0 spiro atoms. The van der Waals surface area contributed by atoms with Crippen LogP contribution in [-0.2, 0) is 14.3 Å². The van der Waals surface area contributed by atoms with Crippen LogP contribution in [0.3, 0.4) is 0 Å². The van der Waals surface area contributed by atoms with Crippen LogP contribution in [-0.4, -0.2) is 30.4 Å². The van der Waals surface area contributed by atoms with E-state index in [1.54, 1.807) is 0 Å². The molecule has 4 unspecified atom stereocenters. The Balaban J connectivity index is 2.62. The molecule has 0 bridgehead atoms. The summed E-state index contributed by atoms with van der Waals surface area (Å²) < 4.78 is 5.44. The summed E-state index contributed by atoms with van der Waals surface area (Å²) in [6.45, 7) is 8.11. The lowest BCUT2D eigenvalue weighted by atomic mass is 9.77. The van der Waals surface area contributed by atoms with E-state index in [4.69, 9.17) is 4.74 Å². The fraction of sp³-hybridized carbons (Fsp3) is 0.833. The minimum atomic E-state index is -0.176. The number of rotatable bonds is 6. The molecule has 0 aliphatic carbocycles. The molecule has 1 aliphatic rings. The molecular weight excluding hydrogens is 206 g/mol. The molecule has 4 nitrogen and oxygen atoms in total. The number of amides is 1. The van der Waals surface area contributed by atoms with E-state index in [1.165, 1.54) is 0 Å². The lowest BCUT2D eigenvalue weighted by Gasteiger charge is -2.42. The van der Waals surface area contributed by atoms with E-state index >= 15 is 0 Å². The maximum Gasteiger partial charge on any atom is 0.228 e. The third-order valence-corrected chi connectivity index (χ3v) is 3.33. The van der Waals surface area contributed by atoms with Gasteiger partial charge in [-0.1, -0.05) is 13.8 Å². The summed E-state index contributed by atoms with van der Waals surface area (Å²) in [5, 5.41) is 2.81. The lowest BCUT2D eigenvalue weighted by molar-refractivity contribution is -0.147. The second-order valence-corrected chi connectivity index (χ2v) is 4.33. The van der Waals surface area contributed by atoms with Gasteiger partial charge in [-0.2, -0.15) is 0 Å². The summed E-state index contributed by atoms with van der Waals surface area (Å²) >= 11 is 0. The molecule has 1 aliphatic heterocycles. The van der Waals surface area contributed by atoms with Crippen LogP contribution in [0, 0.1) is 11.8 Å². The minimum Gasteiger partial charge on any atom is -0.378 e. The predicted octanol–water partition coefficient (Wildman–Crippen LogP) is 1.14. The van der Waals surface area contributed by atoms with E-state index in [0.717, 1.165) is 0 Å². The molecule has 1 saturated heterocycles. The number of nitrogens with one attached hydrogen (secondary N) is 1. The van der Waals surface area contributed by atoms with E-state index in [2.05, 4.69) is 5.32 Å². The average molecular weight is 227 g/mol. The van der Waals surface area contributed by atoms with Gasteiger partial charge in [0, 0.05) is 18.9 Å². The summed E-state index contributed by atoms with van der Waals surface area (Å²) in [7, 11) is 0. The van der Waals surface area contributed by atoms with Crippen molar-refractivity contribution in [1.82, 2.24) is 5.32 Å². The number of carbonyl (C=O) groups excluding carboxylic acids is 2. The Kier molecular flexibility index (Phi) is 4.47. The monoisotopic (exact) mass is 227 g/mol. The van der Waals surface area contributed by atoms with E-state index in [0.29, 0.717) is 13.0 Å². The van der Waals surface area contributed by atoms with Crippen LogP contribution in [0.5, 0.6) is 0 Å². The Bertz CT molecular complexity index is 277. The van der Waals surface area contributed by atoms with Crippen molar-refractivity contribution >= 4 is 11.7 Å². The van der Waals surface area contributed by atoms with Gasteiger partial charge in [-0.05, 0) is 13.8 Å². The fourth-order valence-electron chi connectivity index (χ4n) is 2.25. The van der Waals surface area contributed by atoms with Gasteiger partial charge in [0.2, 0.25) is 5.91 Å². The van der Waals surface area contributed by atoms with Crippen molar-refractivity contribution in [2.75, 3.05) is 6.61 Å². The van der Waals surface area contributed by atoms with Crippen LogP contribution >= 0.6 is 0 Å². The van der Waals surface area contributed by atoms with Crippen molar-refractivity contribution in [3.8, 4) is 0 Å². The standard InChI is InChI=1S/C12H21NO3/c1-5-9(14)7(3)11-10(12(15)13-11)8(4)16-6-2/h7-8,10-11H,5-6H2,1-4H3,(H,13,15). The zero-order chi connectivity index (χ0) is 12.3. The Morgan fingerprint density at radius 3 is 2.50 bits per heavy atom. The third-order valence-electron chi connectivity index (χ3n) is 3.33. The fourth-order valence-corrected chi connectivity index (χ4v) is 2.25. The Morgan fingerprint density at radius 2 is 2.06 bits per heavy atom. The molecular formula is C12H21NO3.